The van der Waals surface area contributed by atoms with Gasteiger partial charge in [0.25, 0.3) is 0 Å². The van der Waals surface area contributed by atoms with Crippen LogP contribution in [0, 0.1) is 5.92 Å². The molecule has 152 valence electrons. The summed E-state index contributed by atoms with van der Waals surface area (Å²) in [6.45, 7) is 5.71. The van der Waals surface area contributed by atoms with Crippen molar-refractivity contribution in [1.29, 1.82) is 0 Å². The standard InChI is InChI=1S/C23H29N5O/c1-3-22(29)18-14-25-23(26-15-18)28-10-8-17(9-11-28)12-24-13-19-16-27(2)21-7-5-4-6-20(19)21/h4-7,14-17,24H,3,8-13H2,1-2H3. The monoisotopic (exact) mass is 391 g/mol. The Labute approximate surface area is 172 Å². The van der Waals surface area contributed by atoms with Gasteiger partial charge in [-0.2, -0.15) is 0 Å². The number of anilines is 1. The summed E-state index contributed by atoms with van der Waals surface area (Å²) in [6.07, 6.45) is 8.28. The average molecular weight is 392 g/mol. The van der Waals surface area contributed by atoms with Crippen molar-refractivity contribution < 1.29 is 4.79 Å². The third-order valence-electron chi connectivity index (χ3n) is 5.91. The number of para-hydroxylation sites is 1. The lowest BCUT2D eigenvalue weighted by Crippen LogP contribution is -2.38. The number of hydrogen-bond acceptors (Lipinski definition) is 5. The summed E-state index contributed by atoms with van der Waals surface area (Å²) in [6, 6.07) is 8.56. The molecule has 0 amide bonds. The number of benzene rings is 1. The molecule has 0 radical (unpaired) electrons. The van der Waals surface area contributed by atoms with Gasteiger partial charge in [-0.1, -0.05) is 25.1 Å². The molecule has 2 aromatic heterocycles. The van der Waals surface area contributed by atoms with E-state index in [1.807, 2.05) is 6.92 Å². The Morgan fingerprint density at radius 2 is 1.90 bits per heavy atom. The highest BCUT2D eigenvalue weighted by Crippen LogP contribution is 2.22. The highest BCUT2D eigenvalue weighted by molar-refractivity contribution is 5.95. The summed E-state index contributed by atoms with van der Waals surface area (Å²) in [4.78, 5) is 22.8. The van der Waals surface area contributed by atoms with Gasteiger partial charge in [0.05, 0.1) is 5.56 Å². The number of carbonyl (C=O) groups is 1. The number of carbonyl (C=O) groups excluding carboxylic acids is 1. The average Bonchev–Trinajstić information content (AvgIpc) is 3.10. The zero-order chi connectivity index (χ0) is 20.2. The molecule has 0 atom stereocenters. The van der Waals surface area contributed by atoms with Crippen LogP contribution in [0.4, 0.5) is 5.95 Å². The number of Topliss-reactive ketones (excluding diaryl/α,β-unsaturated/α-hetero) is 1. The Morgan fingerprint density at radius 1 is 1.17 bits per heavy atom. The molecular formula is C23H29N5O. The van der Waals surface area contributed by atoms with Crippen LogP contribution in [0.3, 0.4) is 0 Å². The van der Waals surface area contributed by atoms with E-state index < -0.39 is 0 Å². The fourth-order valence-electron chi connectivity index (χ4n) is 4.15. The minimum atomic E-state index is 0.0903. The molecule has 6 nitrogen and oxygen atoms in total. The lowest BCUT2D eigenvalue weighted by Gasteiger charge is -2.32. The summed E-state index contributed by atoms with van der Waals surface area (Å²) >= 11 is 0. The second-order valence-corrected chi connectivity index (χ2v) is 7.89. The number of nitrogens with zero attached hydrogens (tertiary/aromatic N) is 4. The Balaban J connectivity index is 1.26. The van der Waals surface area contributed by atoms with Crippen molar-refractivity contribution in [3.63, 3.8) is 0 Å². The predicted molar refractivity (Wildman–Crippen MR) is 116 cm³/mol. The zero-order valence-electron chi connectivity index (χ0n) is 17.3. The first-order valence-corrected chi connectivity index (χ1v) is 10.5. The number of aromatic nitrogens is 3. The number of rotatable bonds is 7. The van der Waals surface area contributed by atoms with Crippen molar-refractivity contribution in [3.8, 4) is 0 Å². The van der Waals surface area contributed by atoms with Gasteiger partial charge >= 0.3 is 0 Å². The third kappa shape index (κ3) is 4.32. The van der Waals surface area contributed by atoms with Gasteiger partial charge in [-0.3, -0.25) is 4.79 Å². The second-order valence-electron chi connectivity index (χ2n) is 7.89. The minimum Gasteiger partial charge on any atom is -0.350 e. The molecule has 1 aliphatic heterocycles. The highest BCUT2D eigenvalue weighted by Gasteiger charge is 2.21. The number of ketones is 1. The molecule has 29 heavy (non-hydrogen) atoms. The highest BCUT2D eigenvalue weighted by atomic mass is 16.1. The van der Waals surface area contributed by atoms with Crippen LogP contribution in [-0.2, 0) is 13.6 Å². The van der Waals surface area contributed by atoms with E-state index in [1.165, 1.54) is 16.5 Å². The van der Waals surface area contributed by atoms with E-state index in [2.05, 4.69) is 62.3 Å². The summed E-state index contributed by atoms with van der Waals surface area (Å²) in [7, 11) is 2.11. The van der Waals surface area contributed by atoms with E-state index in [4.69, 9.17) is 0 Å². The van der Waals surface area contributed by atoms with Gasteiger partial charge in [0.1, 0.15) is 0 Å². The van der Waals surface area contributed by atoms with Crippen LogP contribution in [0.25, 0.3) is 10.9 Å². The molecule has 6 heteroatoms. The molecule has 3 aromatic rings. The van der Waals surface area contributed by atoms with E-state index in [-0.39, 0.29) is 5.78 Å². The molecule has 0 bridgehead atoms. The maximum atomic E-state index is 11.7. The molecule has 1 aromatic carbocycles. The molecule has 1 N–H and O–H groups in total. The van der Waals surface area contributed by atoms with E-state index in [0.717, 1.165) is 45.0 Å². The third-order valence-corrected chi connectivity index (χ3v) is 5.91. The van der Waals surface area contributed by atoms with Crippen LogP contribution in [0.1, 0.15) is 42.1 Å². The van der Waals surface area contributed by atoms with Crippen LogP contribution >= 0.6 is 0 Å². The largest absolute Gasteiger partial charge is 0.350 e. The van der Waals surface area contributed by atoms with Gasteiger partial charge in [0.15, 0.2) is 5.78 Å². The maximum absolute atomic E-state index is 11.7. The van der Waals surface area contributed by atoms with E-state index in [0.29, 0.717) is 17.9 Å². The van der Waals surface area contributed by atoms with Crippen molar-refractivity contribution in [2.24, 2.45) is 13.0 Å². The Hall–Kier alpha value is -2.73. The summed E-state index contributed by atoms with van der Waals surface area (Å²) in [5.74, 6) is 1.49. The van der Waals surface area contributed by atoms with Crippen LogP contribution in [0.15, 0.2) is 42.9 Å². The number of fused-ring (bicyclic) bond motifs is 1. The fraction of sp³-hybridized carbons (Fsp3) is 0.435. The van der Waals surface area contributed by atoms with Crippen molar-refractivity contribution in [2.45, 2.75) is 32.7 Å². The van der Waals surface area contributed by atoms with Gasteiger partial charge in [-0.15, -0.1) is 0 Å². The zero-order valence-corrected chi connectivity index (χ0v) is 17.3. The van der Waals surface area contributed by atoms with Crippen molar-refractivity contribution in [2.75, 3.05) is 24.5 Å². The second kappa shape index (κ2) is 8.74. The molecule has 0 aliphatic carbocycles. The van der Waals surface area contributed by atoms with Crippen LogP contribution in [-0.4, -0.2) is 40.0 Å². The molecule has 4 rings (SSSR count). The van der Waals surface area contributed by atoms with Crippen LogP contribution < -0.4 is 10.2 Å². The first kappa shape index (κ1) is 19.6. The van der Waals surface area contributed by atoms with Gasteiger partial charge in [0.2, 0.25) is 5.95 Å². The first-order valence-electron chi connectivity index (χ1n) is 10.5. The van der Waals surface area contributed by atoms with Gasteiger partial charge in [0, 0.05) is 62.6 Å². The Kier molecular flexibility index (Phi) is 5.90. The summed E-state index contributed by atoms with van der Waals surface area (Å²) < 4.78 is 2.20. The van der Waals surface area contributed by atoms with Crippen LogP contribution in [0.5, 0.6) is 0 Å². The molecule has 3 heterocycles. The Morgan fingerprint density at radius 3 is 2.62 bits per heavy atom. The minimum absolute atomic E-state index is 0.0903. The molecule has 0 saturated carbocycles. The van der Waals surface area contributed by atoms with E-state index in [1.54, 1.807) is 12.4 Å². The maximum Gasteiger partial charge on any atom is 0.225 e. The summed E-state index contributed by atoms with van der Waals surface area (Å²) in [5, 5.41) is 4.99. The predicted octanol–water partition coefficient (Wildman–Crippen LogP) is 3.57. The van der Waals surface area contributed by atoms with E-state index >= 15 is 0 Å². The number of hydrogen-bond donors (Lipinski definition) is 1. The molecule has 0 unspecified atom stereocenters. The normalized spacial score (nSPS) is 15.2. The number of aryl methyl sites for hydroxylation is 1. The van der Waals surface area contributed by atoms with Gasteiger partial charge < -0.3 is 14.8 Å². The van der Waals surface area contributed by atoms with Crippen molar-refractivity contribution in [3.05, 3.63) is 54.0 Å². The lowest BCUT2D eigenvalue weighted by molar-refractivity contribution is 0.0987. The molecule has 1 saturated heterocycles. The van der Waals surface area contributed by atoms with Gasteiger partial charge in [-0.25, -0.2) is 9.97 Å². The molecule has 1 fully saturated rings. The van der Waals surface area contributed by atoms with Crippen molar-refractivity contribution >= 4 is 22.6 Å². The lowest BCUT2D eigenvalue weighted by atomic mass is 9.97. The van der Waals surface area contributed by atoms with Crippen LogP contribution in [0.2, 0.25) is 0 Å². The van der Waals surface area contributed by atoms with Crippen molar-refractivity contribution in [1.82, 2.24) is 19.9 Å². The number of piperidine rings is 1. The smallest absolute Gasteiger partial charge is 0.225 e. The molecular weight excluding hydrogens is 362 g/mol. The fourth-order valence-corrected chi connectivity index (χ4v) is 4.15. The van der Waals surface area contributed by atoms with E-state index in [9.17, 15) is 4.79 Å². The number of nitrogens with one attached hydrogen (secondary N) is 1. The topological polar surface area (TPSA) is 63.1 Å². The first-order chi connectivity index (χ1) is 14.2. The quantitative estimate of drug-likeness (QED) is 0.624. The Bertz CT molecular complexity index is 971. The molecule has 0 spiro atoms. The van der Waals surface area contributed by atoms with Gasteiger partial charge in [-0.05, 0) is 36.9 Å². The molecule has 1 aliphatic rings. The summed E-state index contributed by atoms with van der Waals surface area (Å²) in [5.41, 5.74) is 3.24. The SMILES string of the molecule is CCC(=O)c1cnc(N2CCC(CNCc3cn(C)c4ccccc34)CC2)nc1.